The molecule has 1 aliphatic heterocycles. The number of carbonyl (C=O) groups is 1. The Balaban J connectivity index is 1.91. The van der Waals surface area contributed by atoms with Gasteiger partial charge >= 0.3 is 0 Å². The van der Waals surface area contributed by atoms with Gasteiger partial charge < -0.3 is 15.0 Å². The molecule has 2 heterocycles. The van der Waals surface area contributed by atoms with Crippen molar-refractivity contribution in [2.75, 3.05) is 13.2 Å². The number of benzene rings is 1. The minimum absolute atomic E-state index is 0.0837. The maximum Gasteiger partial charge on any atom is 0.179 e. The summed E-state index contributed by atoms with van der Waals surface area (Å²) in [6, 6.07) is 6.17. The zero-order valence-electron chi connectivity index (χ0n) is 12.1. The van der Waals surface area contributed by atoms with Crippen molar-refractivity contribution in [3.05, 3.63) is 35.0 Å². The van der Waals surface area contributed by atoms with Gasteiger partial charge in [0.25, 0.3) is 0 Å². The van der Waals surface area contributed by atoms with Crippen LogP contribution in [-0.4, -0.2) is 40.5 Å². The first-order valence-electron chi connectivity index (χ1n) is 7.62. The molecule has 2 aromatic rings. The van der Waals surface area contributed by atoms with E-state index in [0.29, 0.717) is 18.7 Å². The fourth-order valence-electron chi connectivity index (χ4n) is 4.25. The molecule has 0 saturated carbocycles. The van der Waals surface area contributed by atoms with Gasteiger partial charge in [0.05, 0.1) is 11.7 Å². The topological polar surface area (TPSA) is 80.1 Å². The molecule has 0 radical (unpaired) electrons. The first-order valence-corrected chi connectivity index (χ1v) is 7.62. The van der Waals surface area contributed by atoms with Gasteiger partial charge in [-0.2, -0.15) is 5.26 Å². The van der Waals surface area contributed by atoms with Gasteiger partial charge in [-0.1, -0.05) is 12.1 Å². The van der Waals surface area contributed by atoms with Gasteiger partial charge in [-0.05, 0) is 30.0 Å². The van der Waals surface area contributed by atoms with Crippen molar-refractivity contribution in [3.8, 4) is 6.19 Å². The molecule has 0 amide bonds. The van der Waals surface area contributed by atoms with Crippen LogP contribution in [0.15, 0.2) is 18.2 Å². The number of nitriles is 1. The SMILES string of the molecule is N#CN1C[C@H](CO)CC2c3cccc4[nH]c(C=O)c(c34)C[C@H]21. The summed E-state index contributed by atoms with van der Waals surface area (Å²) in [5.41, 5.74) is 3.85. The number of aldehydes is 1. The molecule has 22 heavy (non-hydrogen) atoms. The molecule has 1 aliphatic carbocycles. The minimum atomic E-state index is 0.0837. The number of carbonyl (C=O) groups excluding carboxylic acids is 1. The molecule has 1 aromatic carbocycles. The quantitative estimate of drug-likeness (QED) is 0.654. The van der Waals surface area contributed by atoms with Crippen molar-refractivity contribution >= 4 is 17.2 Å². The van der Waals surface area contributed by atoms with Crippen LogP contribution in [-0.2, 0) is 6.42 Å². The molecular formula is C17H17N3O2. The normalized spacial score (nSPS) is 26.5. The molecule has 1 fully saturated rings. The highest BCUT2D eigenvalue weighted by Crippen LogP contribution is 2.45. The van der Waals surface area contributed by atoms with Gasteiger partial charge in [0, 0.05) is 35.9 Å². The zero-order valence-corrected chi connectivity index (χ0v) is 12.1. The number of aromatic nitrogens is 1. The molecule has 112 valence electrons. The molecule has 0 spiro atoms. The summed E-state index contributed by atoms with van der Waals surface area (Å²) in [6.45, 7) is 0.706. The van der Waals surface area contributed by atoms with Crippen LogP contribution < -0.4 is 0 Å². The number of piperidine rings is 1. The predicted molar refractivity (Wildman–Crippen MR) is 81.4 cm³/mol. The summed E-state index contributed by atoms with van der Waals surface area (Å²) >= 11 is 0. The number of H-pyrrole nitrogens is 1. The van der Waals surface area contributed by atoms with Gasteiger partial charge in [0.2, 0.25) is 0 Å². The summed E-state index contributed by atoms with van der Waals surface area (Å²) in [5, 5.41) is 20.2. The molecule has 2 N–H and O–H groups in total. The van der Waals surface area contributed by atoms with Crippen LogP contribution in [0.4, 0.5) is 0 Å². The molecule has 2 aliphatic rings. The molecule has 5 heteroatoms. The summed E-state index contributed by atoms with van der Waals surface area (Å²) < 4.78 is 0. The van der Waals surface area contributed by atoms with Crippen molar-refractivity contribution in [1.29, 1.82) is 5.26 Å². The second-order valence-corrected chi connectivity index (χ2v) is 6.32. The molecule has 1 aromatic heterocycles. The number of hydrogen-bond acceptors (Lipinski definition) is 4. The molecule has 4 rings (SSSR count). The number of aliphatic hydroxyl groups excluding tert-OH is 1. The van der Waals surface area contributed by atoms with Gasteiger partial charge in [-0.3, -0.25) is 4.79 Å². The first-order chi connectivity index (χ1) is 10.8. The lowest BCUT2D eigenvalue weighted by atomic mass is 9.72. The fraction of sp³-hybridized carbons (Fsp3) is 0.412. The summed E-state index contributed by atoms with van der Waals surface area (Å²) in [4.78, 5) is 16.3. The first kappa shape index (κ1) is 13.4. The Morgan fingerprint density at radius 3 is 3.09 bits per heavy atom. The van der Waals surface area contributed by atoms with E-state index in [9.17, 15) is 15.2 Å². The lowest BCUT2D eigenvalue weighted by Crippen LogP contribution is -2.48. The minimum Gasteiger partial charge on any atom is -0.396 e. The van der Waals surface area contributed by atoms with Crippen LogP contribution in [0, 0.1) is 17.4 Å². The number of aliphatic hydroxyl groups is 1. The van der Waals surface area contributed by atoms with E-state index < -0.39 is 0 Å². The van der Waals surface area contributed by atoms with Gasteiger partial charge in [-0.25, -0.2) is 0 Å². The second-order valence-electron chi connectivity index (χ2n) is 6.32. The third-order valence-electron chi connectivity index (χ3n) is 5.22. The largest absolute Gasteiger partial charge is 0.396 e. The van der Waals surface area contributed by atoms with Crippen LogP contribution in [0.1, 0.15) is 34.0 Å². The number of rotatable bonds is 2. The van der Waals surface area contributed by atoms with Gasteiger partial charge in [0.1, 0.15) is 0 Å². The Morgan fingerprint density at radius 2 is 2.36 bits per heavy atom. The summed E-state index contributed by atoms with van der Waals surface area (Å²) in [6.07, 6.45) is 4.75. The van der Waals surface area contributed by atoms with E-state index in [1.165, 1.54) is 5.56 Å². The number of nitrogens with one attached hydrogen (secondary N) is 1. The number of aromatic amines is 1. The summed E-state index contributed by atoms with van der Waals surface area (Å²) in [5.74, 6) is 0.360. The lowest BCUT2D eigenvalue weighted by molar-refractivity contribution is 0.0973. The third kappa shape index (κ3) is 1.71. The highest BCUT2D eigenvalue weighted by molar-refractivity contribution is 5.95. The Morgan fingerprint density at radius 1 is 1.50 bits per heavy atom. The van der Waals surface area contributed by atoms with Crippen molar-refractivity contribution in [2.45, 2.75) is 24.8 Å². The highest BCUT2D eigenvalue weighted by Gasteiger charge is 2.41. The van der Waals surface area contributed by atoms with Crippen molar-refractivity contribution in [3.63, 3.8) is 0 Å². The second kappa shape index (κ2) is 4.85. The molecule has 0 bridgehead atoms. The monoisotopic (exact) mass is 295 g/mol. The van der Waals surface area contributed by atoms with Crippen LogP contribution in [0.5, 0.6) is 0 Å². The average Bonchev–Trinajstić information content (AvgIpc) is 2.93. The van der Waals surface area contributed by atoms with E-state index >= 15 is 0 Å². The molecule has 5 nitrogen and oxygen atoms in total. The summed E-state index contributed by atoms with van der Waals surface area (Å²) in [7, 11) is 0. The van der Waals surface area contributed by atoms with Crippen molar-refractivity contribution < 1.29 is 9.90 Å². The molecule has 1 unspecified atom stereocenters. The highest BCUT2D eigenvalue weighted by atomic mass is 16.3. The molecule has 3 atom stereocenters. The van der Waals surface area contributed by atoms with Crippen LogP contribution in [0.3, 0.4) is 0 Å². The number of hydrogen-bond donors (Lipinski definition) is 2. The maximum atomic E-state index is 11.4. The predicted octanol–water partition coefficient (Wildman–Crippen LogP) is 1.78. The van der Waals surface area contributed by atoms with Gasteiger partial charge in [0.15, 0.2) is 12.5 Å². The van der Waals surface area contributed by atoms with E-state index in [-0.39, 0.29) is 24.5 Å². The van der Waals surface area contributed by atoms with Gasteiger partial charge in [-0.15, -0.1) is 0 Å². The molecular weight excluding hydrogens is 278 g/mol. The fourth-order valence-corrected chi connectivity index (χ4v) is 4.25. The number of nitrogens with zero attached hydrogens (tertiary/aromatic N) is 2. The smallest absolute Gasteiger partial charge is 0.179 e. The Kier molecular flexibility index (Phi) is 2.95. The third-order valence-corrected chi connectivity index (χ3v) is 5.22. The number of likely N-dealkylation sites (tertiary alicyclic amines) is 1. The molecule has 1 saturated heterocycles. The van der Waals surface area contributed by atoms with E-state index in [4.69, 9.17) is 0 Å². The van der Waals surface area contributed by atoms with Crippen LogP contribution in [0.2, 0.25) is 0 Å². The standard InChI is InChI=1S/C17H17N3O2/c18-9-20-6-10(7-21)4-12-11-2-1-3-14-17(11)13(5-16(12)20)15(8-22)19-14/h1-3,8,10,12,16,19,21H,4-7H2/t10-,12?,16-/m1/s1. The van der Waals surface area contributed by atoms with Crippen LogP contribution in [0.25, 0.3) is 10.9 Å². The van der Waals surface area contributed by atoms with Crippen molar-refractivity contribution in [1.82, 2.24) is 9.88 Å². The maximum absolute atomic E-state index is 11.4. The van der Waals surface area contributed by atoms with E-state index in [2.05, 4.69) is 17.2 Å². The van der Waals surface area contributed by atoms with Crippen LogP contribution >= 0.6 is 0 Å². The Hall–Kier alpha value is -2.32. The zero-order chi connectivity index (χ0) is 15.3. The van der Waals surface area contributed by atoms with Crippen molar-refractivity contribution in [2.24, 2.45) is 5.92 Å². The average molecular weight is 295 g/mol. The number of fused-ring (bicyclic) bond motifs is 2. The lowest BCUT2D eigenvalue weighted by Gasteiger charge is -2.44. The Bertz CT molecular complexity index is 789. The van der Waals surface area contributed by atoms with E-state index in [1.54, 1.807) is 4.90 Å². The van der Waals surface area contributed by atoms with E-state index in [1.807, 2.05) is 12.1 Å². The Labute approximate surface area is 128 Å². The van der Waals surface area contributed by atoms with E-state index in [0.717, 1.165) is 29.2 Å².